The van der Waals surface area contributed by atoms with Crippen molar-refractivity contribution in [2.45, 2.75) is 51.8 Å². The van der Waals surface area contributed by atoms with Gasteiger partial charge in [0.15, 0.2) is 0 Å². The highest BCUT2D eigenvalue weighted by molar-refractivity contribution is 5.96. The molecule has 1 amide bonds. The second-order valence-electron chi connectivity index (χ2n) is 7.87. The van der Waals surface area contributed by atoms with E-state index in [1.807, 2.05) is 30.4 Å². The van der Waals surface area contributed by atoms with Crippen molar-refractivity contribution in [3.8, 4) is 0 Å². The molecular formula is C19H29N3O4. The molecule has 4 rings (SSSR count). The second kappa shape index (κ2) is 6.62. The van der Waals surface area contributed by atoms with Crippen molar-refractivity contribution in [2.24, 2.45) is 11.8 Å². The van der Waals surface area contributed by atoms with Crippen LogP contribution >= 0.6 is 0 Å². The summed E-state index contributed by atoms with van der Waals surface area (Å²) in [6, 6.07) is 0.0133. The number of amides is 1. The number of fused-ring (bicyclic) bond motifs is 3. The number of hydrogen-bond acceptors (Lipinski definition) is 5. The van der Waals surface area contributed by atoms with E-state index in [9.17, 15) is 9.90 Å². The molecule has 0 radical (unpaired) electrons. The normalized spacial score (nSPS) is 34.3. The number of piperidine rings is 1. The van der Waals surface area contributed by atoms with Crippen molar-refractivity contribution in [2.75, 3.05) is 33.0 Å². The Morgan fingerprint density at radius 2 is 2.08 bits per heavy atom. The summed E-state index contributed by atoms with van der Waals surface area (Å²) in [5.41, 5.74) is 1.61. The molecule has 1 aromatic rings. The number of ether oxygens (including phenoxy) is 2. The van der Waals surface area contributed by atoms with Gasteiger partial charge in [-0.05, 0) is 27.2 Å². The Morgan fingerprint density at radius 3 is 2.81 bits per heavy atom. The van der Waals surface area contributed by atoms with Gasteiger partial charge in [0.2, 0.25) is 0 Å². The quantitative estimate of drug-likeness (QED) is 0.853. The molecule has 3 aliphatic rings. The van der Waals surface area contributed by atoms with E-state index in [0.29, 0.717) is 45.0 Å². The molecule has 3 fully saturated rings. The summed E-state index contributed by atoms with van der Waals surface area (Å²) in [4.78, 5) is 15.5. The molecule has 7 nitrogen and oxygen atoms in total. The Labute approximate surface area is 154 Å². The zero-order valence-electron chi connectivity index (χ0n) is 15.9. The van der Waals surface area contributed by atoms with Crippen molar-refractivity contribution in [3.05, 3.63) is 17.0 Å². The molecule has 0 aromatic carbocycles. The lowest BCUT2D eigenvalue weighted by atomic mass is 9.66. The minimum absolute atomic E-state index is 0.0133. The van der Waals surface area contributed by atoms with Gasteiger partial charge in [-0.15, -0.1) is 0 Å². The lowest BCUT2D eigenvalue weighted by Gasteiger charge is -2.57. The number of aryl methyl sites for hydroxylation is 2. The summed E-state index contributed by atoms with van der Waals surface area (Å²) >= 11 is 0. The third-order valence-electron chi connectivity index (χ3n) is 6.61. The molecule has 3 aliphatic heterocycles. The second-order valence-corrected chi connectivity index (χ2v) is 7.87. The molecule has 144 valence electrons. The molecule has 0 spiro atoms. The maximum absolute atomic E-state index is 13.5. The molecule has 0 aliphatic carbocycles. The first-order valence-electron chi connectivity index (χ1n) is 9.70. The maximum Gasteiger partial charge on any atom is 0.257 e. The highest BCUT2D eigenvalue weighted by atomic mass is 16.5. The number of hydrogen-bond donors (Lipinski definition) is 1. The van der Waals surface area contributed by atoms with Crippen molar-refractivity contribution >= 4 is 5.91 Å². The summed E-state index contributed by atoms with van der Waals surface area (Å²) in [6.07, 6.45) is 1.39. The average Bonchev–Trinajstić information content (AvgIpc) is 2.94. The summed E-state index contributed by atoms with van der Waals surface area (Å²) in [6.45, 7) is 9.38. The first kappa shape index (κ1) is 17.9. The van der Waals surface area contributed by atoms with Crippen molar-refractivity contribution in [1.29, 1.82) is 0 Å². The number of aromatic nitrogens is 2. The van der Waals surface area contributed by atoms with E-state index in [1.165, 1.54) is 0 Å². The fourth-order valence-electron chi connectivity index (χ4n) is 5.15. The van der Waals surface area contributed by atoms with Crippen LogP contribution in [0.5, 0.6) is 0 Å². The number of nitrogens with zero attached hydrogens (tertiary/aromatic N) is 3. The third-order valence-corrected chi connectivity index (χ3v) is 6.61. The van der Waals surface area contributed by atoms with Crippen LogP contribution in [0.1, 0.15) is 41.5 Å². The fraction of sp³-hybridized carbons (Fsp3) is 0.789. The molecule has 0 unspecified atom stereocenters. The predicted molar refractivity (Wildman–Crippen MR) is 95.0 cm³/mol. The van der Waals surface area contributed by atoms with Gasteiger partial charge < -0.3 is 19.5 Å². The Hall–Kier alpha value is -1.44. The SMILES string of the molecule is CCn1nc(C)c(C(=O)N2C[C@H]3COCC[C@@]3(O)[C@@H]3COCC[C@@H]32)c1C. The van der Waals surface area contributed by atoms with Crippen LogP contribution in [0.3, 0.4) is 0 Å². The van der Waals surface area contributed by atoms with Crippen LogP contribution in [0.4, 0.5) is 0 Å². The summed E-state index contributed by atoms with van der Waals surface area (Å²) in [5, 5.41) is 15.9. The molecule has 3 saturated heterocycles. The minimum atomic E-state index is -0.794. The molecule has 4 atom stereocenters. The van der Waals surface area contributed by atoms with Gasteiger partial charge in [-0.25, -0.2) is 0 Å². The molecule has 0 bridgehead atoms. The average molecular weight is 363 g/mol. The molecule has 1 N–H and O–H groups in total. The lowest BCUT2D eigenvalue weighted by Crippen LogP contribution is -2.68. The monoisotopic (exact) mass is 363 g/mol. The van der Waals surface area contributed by atoms with Crippen molar-refractivity contribution in [3.63, 3.8) is 0 Å². The van der Waals surface area contributed by atoms with E-state index < -0.39 is 5.60 Å². The standard InChI is InChI=1S/C19H29N3O4/c1-4-22-13(3)17(12(2)20-22)18(23)21-9-14-10-26-8-6-19(14,24)15-11-25-7-5-16(15)21/h14-16,24H,4-11H2,1-3H3/t14-,15+,16-,19-/m0/s1. The first-order chi connectivity index (χ1) is 12.5. The first-order valence-corrected chi connectivity index (χ1v) is 9.70. The number of likely N-dealkylation sites (tertiary alicyclic amines) is 1. The van der Waals surface area contributed by atoms with Gasteiger partial charge in [-0.1, -0.05) is 0 Å². The molecule has 0 saturated carbocycles. The largest absolute Gasteiger partial charge is 0.389 e. The van der Waals surface area contributed by atoms with E-state index >= 15 is 0 Å². The Bertz CT molecular complexity index is 703. The van der Waals surface area contributed by atoms with E-state index in [2.05, 4.69) is 5.10 Å². The van der Waals surface area contributed by atoms with Crippen LogP contribution < -0.4 is 0 Å². The Kier molecular flexibility index (Phi) is 4.57. The third kappa shape index (κ3) is 2.60. The predicted octanol–water partition coefficient (Wildman–Crippen LogP) is 1.15. The van der Waals surface area contributed by atoms with Crippen LogP contribution in [-0.2, 0) is 16.0 Å². The molecule has 4 heterocycles. The lowest BCUT2D eigenvalue weighted by molar-refractivity contribution is -0.212. The van der Waals surface area contributed by atoms with Gasteiger partial charge in [0, 0.05) is 56.3 Å². The highest BCUT2D eigenvalue weighted by Crippen LogP contribution is 2.44. The summed E-state index contributed by atoms with van der Waals surface area (Å²) in [7, 11) is 0. The number of aliphatic hydroxyl groups is 1. The highest BCUT2D eigenvalue weighted by Gasteiger charge is 2.56. The van der Waals surface area contributed by atoms with Gasteiger partial charge in [0.05, 0.1) is 30.1 Å². The molecule has 7 heteroatoms. The summed E-state index contributed by atoms with van der Waals surface area (Å²) < 4.78 is 13.2. The Balaban J connectivity index is 1.69. The van der Waals surface area contributed by atoms with Gasteiger partial charge in [0.25, 0.3) is 5.91 Å². The van der Waals surface area contributed by atoms with Crippen molar-refractivity contribution in [1.82, 2.24) is 14.7 Å². The summed E-state index contributed by atoms with van der Waals surface area (Å²) in [5.74, 6) is -0.0844. The number of carbonyl (C=O) groups excluding carboxylic acids is 1. The Morgan fingerprint density at radius 1 is 1.31 bits per heavy atom. The van der Waals surface area contributed by atoms with Crippen molar-refractivity contribution < 1.29 is 19.4 Å². The zero-order valence-corrected chi connectivity index (χ0v) is 15.9. The smallest absolute Gasteiger partial charge is 0.257 e. The van der Waals surface area contributed by atoms with Crippen LogP contribution in [0, 0.1) is 25.7 Å². The van der Waals surface area contributed by atoms with E-state index in [1.54, 1.807) is 0 Å². The van der Waals surface area contributed by atoms with Crippen LogP contribution in [0.15, 0.2) is 0 Å². The van der Waals surface area contributed by atoms with E-state index in [0.717, 1.165) is 24.4 Å². The van der Waals surface area contributed by atoms with Crippen LogP contribution in [0.25, 0.3) is 0 Å². The topological polar surface area (TPSA) is 76.8 Å². The van der Waals surface area contributed by atoms with E-state index in [4.69, 9.17) is 9.47 Å². The van der Waals surface area contributed by atoms with Gasteiger partial charge in [-0.2, -0.15) is 5.10 Å². The molecule has 1 aromatic heterocycles. The minimum Gasteiger partial charge on any atom is -0.389 e. The van der Waals surface area contributed by atoms with Gasteiger partial charge in [-0.3, -0.25) is 9.48 Å². The number of carbonyl (C=O) groups is 1. The van der Waals surface area contributed by atoms with Crippen LogP contribution in [0.2, 0.25) is 0 Å². The number of rotatable bonds is 2. The fourth-order valence-corrected chi connectivity index (χ4v) is 5.15. The van der Waals surface area contributed by atoms with Gasteiger partial charge >= 0.3 is 0 Å². The van der Waals surface area contributed by atoms with Gasteiger partial charge in [0.1, 0.15) is 0 Å². The van der Waals surface area contributed by atoms with Crippen LogP contribution in [-0.4, -0.2) is 70.3 Å². The zero-order chi connectivity index (χ0) is 18.5. The maximum atomic E-state index is 13.5. The van der Waals surface area contributed by atoms with E-state index in [-0.39, 0.29) is 23.8 Å². The molecule has 26 heavy (non-hydrogen) atoms. The molecular weight excluding hydrogens is 334 g/mol.